The Morgan fingerprint density at radius 3 is 2.35 bits per heavy atom. The Hall–Kier alpha value is -4.28. The molecule has 1 fully saturated rings. The van der Waals surface area contributed by atoms with Crippen LogP contribution in [0.15, 0.2) is 30.1 Å². The van der Waals surface area contributed by atoms with Gasteiger partial charge in [0.2, 0.25) is 0 Å². The van der Waals surface area contributed by atoms with Crippen LogP contribution in [0.5, 0.6) is 0 Å². The SMILES string of the molecule is C=Cc1c2[n-]c(c1C)/C=C1\[N-]/C(=C3\c4[n-]c(c(C)c4C(=O)[C@@H]3C(=O)OC)/C=c3\[n-]/c(c(C)c3CC)=C\2)[C@@H](CCC(=O)OC/C=C/CCC[C@H](C)CCCC)[C@@H]1C.[Mg+2]. The van der Waals surface area contributed by atoms with Crippen LogP contribution in [-0.4, -0.2) is 54.5 Å². The van der Waals surface area contributed by atoms with Crippen molar-refractivity contribution in [2.45, 2.75) is 106 Å². The van der Waals surface area contributed by atoms with Crippen molar-refractivity contribution in [2.24, 2.45) is 23.7 Å². The average molecular weight is 781 g/mol. The molecule has 3 aromatic rings. The number of nitrogens with zero attached hydrogens (tertiary/aromatic N) is 4. The second kappa shape index (κ2) is 19.0. The van der Waals surface area contributed by atoms with Gasteiger partial charge in [-0.25, -0.2) is 0 Å². The molecule has 3 aromatic heterocycles. The number of rotatable bonds is 15. The van der Waals surface area contributed by atoms with E-state index >= 15 is 0 Å². The topological polar surface area (TPSA) is 126 Å². The molecule has 3 aliphatic rings. The first-order valence-corrected chi connectivity index (χ1v) is 20.4. The van der Waals surface area contributed by atoms with Gasteiger partial charge in [-0.1, -0.05) is 124 Å². The van der Waals surface area contributed by atoms with Crippen LogP contribution < -0.4 is 25.7 Å². The van der Waals surface area contributed by atoms with E-state index < -0.39 is 11.9 Å². The summed E-state index contributed by atoms with van der Waals surface area (Å²) in [6, 6.07) is 0. The van der Waals surface area contributed by atoms with Gasteiger partial charge in [-0.2, -0.15) is 11.4 Å². The number of unbranched alkanes of at least 4 members (excludes halogenated alkanes) is 2. The van der Waals surface area contributed by atoms with Crippen LogP contribution >= 0.6 is 0 Å². The van der Waals surface area contributed by atoms with Crippen molar-refractivity contribution in [1.29, 1.82) is 0 Å². The molecular formula is C47H56MgN4O5-2. The van der Waals surface area contributed by atoms with E-state index in [0.717, 1.165) is 75.2 Å². The van der Waals surface area contributed by atoms with Gasteiger partial charge in [0.25, 0.3) is 0 Å². The van der Waals surface area contributed by atoms with Crippen molar-refractivity contribution in [2.75, 3.05) is 13.7 Å². The van der Waals surface area contributed by atoms with E-state index in [0.29, 0.717) is 40.2 Å². The molecular weight excluding hydrogens is 725 g/mol. The van der Waals surface area contributed by atoms with Crippen LogP contribution in [-0.2, 0) is 25.5 Å². The molecule has 0 radical (unpaired) electrons. The van der Waals surface area contributed by atoms with Gasteiger partial charge in [0.15, 0.2) is 5.78 Å². The van der Waals surface area contributed by atoms with Gasteiger partial charge < -0.3 is 29.7 Å². The van der Waals surface area contributed by atoms with Crippen LogP contribution in [0, 0.1) is 44.4 Å². The molecule has 0 aromatic carbocycles. The summed E-state index contributed by atoms with van der Waals surface area (Å²) in [6.07, 6.45) is 20.1. The van der Waals surface area contributed by atoms with Gasteiger partial charge in [-0.15, -0.1) is 33.5 Å². The molecule has 10 heteroatoms. The van der Waals surface area contributed by atoms with E-state index in [1.807, 2.05) is 44.2 Å². The fourth-order valence-corrected chi connectivity index (χ4v) is 8.60. The number of Topliss-reactive ketones (excluding diaryl/α,β-unsaturated/α-hetero) is 1. The smallest absolute Gasteiger partial charge is 0.664 e. The van der Waals surface area contributed by atoms with Crippen molar-refractivity contribution in [3.63, 3.8) is 0 Å². The number of aromatic nitrogens is 3. The molecule has 2 aliphatic heterocycles. The van der Waals surface area contributed by atoms with Gasteiger partial charge in [0, 0.05) is 12.0 Å². The van der Waals surface area contributed by atoms with E-state index in [9.17, 15) is 14.4 Å². The van der Waals surface area contributed by atoms with Crippen LogP contribution in [0.4, 0.5) is 0 Å². The number of methoxy groups -OCH3 is 1. The molecule has 1 saturated heterocycles. The minimum Gasteiger partial charge on any atom is -0.664 e. The Kier molecular flexibility index (Phi) is 14.6. The molecule has 0 spiro atoms. The Morgan fingerprint density at radius 1 is 0.930 bits per heavy atom. The van der Waals surface area contributed by atoms with Crippen molar-refractivity contribution in [3.8, 4) is 0 Å². The maximum Gasteiger partial charge on any atom is 2.00 e. The Balaban J connectivity index is 0.00000620. The first-order chi connectivity index (χ1) is 26.9. The third-order valence-corrected chi connectivity index (χ3v) is 12.0. The van der Waals surface area contributed by atoms with Gasteiger partial charge in [-0.3, -0.25) is 14.4 Å². The maximum absolute atomic E-state index is 14.3. The van der Waals surface area contributed by atoms with Gasteiger partial charge >= 0.3 is 35.0 Å². The standard InChI is InChI=1S/C47H57N4O5.Mg/c1-10-13-18-26(4)19-16-14-15-17-22-56-40(52)21-20-33-29(7)36-23-34-27(5)31(11-2)38(48-34)24-35-28(6)32(12-3)39(49-35)25-37-30(8)41-45(51-37)42(44(33)50-36)43(46(41)53)47(54)55-9;/h11,15,17,23-26,29,33,43H,2,10,12-14,16,18-22H2,1,3-9H3,(H-,50,51,53);/q-3;+2/p-1/b17-15+,35-24-,36-23-,39-25-;/t26-,29+,33+,43-;/m1./s1. The normalized spacial score (nSPS) is 22.1. The number of carbonyl (C=O) groups excluding carboxylic acids is 3. The predicted molar refractivity (Wildman–Crippen MR) is 228 cm³/mol. The minimum absolute atomic E-state index is 0. The molecule has 4 atom stereocenters. The van der Waals surface area contributed by atoms with Crippen molar-refractivity contribution in [1.82, 2.24) is 15.0 Å². The van der Waals surface area contributed by atoms with Crippen LogP contribution in [0.2, 0.25) is 0 Å². The third kappa shape index (κ3) is 8.77. The summed E-state index contributed by atoms with van der Waals surface area (Å²) >= 11 is 0. The number of carbonyl (C=O) groups is 3. The summed E-state index contributed by atoms with van der Waals surface area (Å²) in [5, 5.41) is 6.80. The first-order valence-electron chi connectivity index (χ1n) is 20.4. The Bertz CT molecular complexity index is 2240. The van der Waals surface area contributed by atoms with Crippen molar-refractivity contribution >= 4 is 70.7 Å². The fourth-order valence-electron chi connectivity index (χ4n) is 8.60. The van der Waals surface area contributed by atoms with E-state index in [1.165, 1.54) is 32.8 Å². The summed E-state index contributed by atoms with van der Waals surface area (Å²) in [5.74, 6) is -2.30. The van der Waals surface area contributed by atoms with E-state index in [-0.39, 0.29) is 59.7 Å². The fraction of sp³-hybridized carbons (Fsp3) is 0.468. The zero-order valence-corrected chi connectivity index (χ0v) is 36.5. The number of ether oxygens (including phenoxy) is 2. The summed E-state index contributed by atoms with van der Waals surface area (Å²) in [5.41, 5.74) is 9.45. The third-order valence-electron chi connectivity index (χ3n) is 12.0. The monoisotopic (exact) mass is 780 g/mol. The van der Waals surface area contributed by atoms with E-state index in [1.54, 1.807) is 0 Å². The molecule has 9 nitrogen and oxygen atoms in total. The van der Waals surface area contributed by atoms with Gasteiger partial charge in [-0.05, 0) is 69.8 Å². The van der Waals surface area contributed by atoms with E-state index in [2.05, 4.69) is 47.3 Å². The average Bonchev–Trinajstić information content (AvgIpc) is 3.92. The number of hydrogen-bond acceptors (Lipinski definition) is 5. The summed E-state index contributed by atoms with van der Waals surface area (Å²) in [7, 11) is 1.29. The molecule has 5 heterocycles. The number of allylic oxidation sites excluding steroid dienone is 3. The number of hydrogen-bond donors (Lipinski definition) is 0. The van der Waals surface area contributed by atoms with Crippen molar-refractivity contribution in [3.05, 3.63) is 102 Å². The number of esters is 2. The molecule has 57 heavy (non-hydrogen) atoms. The van der Waals surface area contributed by atoms with Crippen LogP contribution in [0.3, 0.4) is 0 Å². The van der Waals surface area contributed by atoms with Gasteiger partial charge in [0.1, 0.15) is 12.5 Å². The Labute approximate surface area is 353 Å². The molecule has 0 unspecified atom stereocenters. The molecule has 1 aliphatic carbocycles. The predicted octanol–water partition coefficient (Wildman–Crippen LogP) is 7.53. The second-order valence-electron chi connectivity index (χ2n) is 15.7. The van der Waals surface area contributed by atoms with Crippen LogP contribution in [0.1, 0.15) is 140 Å². The summed E-state index contributed by atoms with van der Waals surface area (Å²) in [6.45, 7) is 19.0. The summed E-state index contributed by atoms with van der Waals surface area (Å²) < 4.78 is 10.9. The molecule has 0 saturated carbocycles. The first kappa shape index (κ1) is 43.8. The van der Waals surface area contributed by atoms with E-state index in [4.69, 9.17) is 29.7 Å². The maximum atomic E-state index is 14.3. The molecule has 298 valence electrons. The molecule has 8 bridgehead atoms. The zero-order valence-electron chi connectivity index (χ0n) is 35.1. The largest absolute Gasteiger partial charge is 2.00 e. The molecule has 0 N–H and O–H groups in total. The molecule has 0 amide bonds. The van der Waals surface area contributed by atoms with Crippen LogP contribution in [0.25, 0.3) is 35.2 Å². The second-order valence-corrected chi connectivity index (χ2v) is 15.7. The van der Waals surface area contributed by atoms with Crippen molar-refractivity contribution < 1.29 is 23.9 Å². The Morgan fingerprint density at radius 2 is 1.65 bits per heavy atom. The number of ketones is 1. The molecule has 6 rings (SSSR count). The zero-order chi connectivity index (χ0) is 40.3. The quantitative estimate of drug-likeness (QED) is 0.0510. The number of fused-ring (bicyclic) bond motifs is 7. The van der Waals surface area contributed by atoms with Gasteiger partial charge in [0.05, 0.1) is 7.11 Å². The minimum atomic E-state index is -1.21. The summed E-state index contributed by atoms with van der Waals surface area (Å²) in [4.78, 5) is 56.1.